The molecular weight excluding hydrogens is 280 g/mol. The van der Waals surface area contributed by atoms with Crippen LogP contribution in [0, 0.1) is 12.8 Å². The van der Waals surface area contributed by atoms with Gasteiger partial charge in [0.05, 0.1) is 12.6 Å². The van der Waals surface area contributed by atoms with Gasteiger partial charge < -0.3 is 4.74 Å². The van der Waals surface area contributed by atoms with E-state index in [4.69, 9.17) is 10.6 Å². The summed E-state index contributed by atoms with van der Waals surface area (Å²) in [6.45, 7) is 3.80. The van der Waals surface area contributed by atoms with Crippen LogP contribution >= 0.6 is 15.9 Å². The van der Waals surface area contributed by atoms with E-state index in [0.29, 0.717) is 5.92 Å². The van der Waals surface area contributed by atoms with Gasteiger partial charge in [0.1, 0.15) is 0 Å². The highest BCUT2D eigenvalue weighted by Gasteiger charge is 2.25. The Morgan fingerprint density at radius 2 is 2.35 bits per heavy atom. The van der Waals surface area contributed by atoms with Crippen molar-refractivity contribution in [1.29, 1.82) is 0 Å². The predicted octanol–water partition coefficient (Wildman–Crippen LogP) is 2.69. The van der Waals surface area contributed by atoms with Gasteiger partial charge in [-0.2, -0.15) is 0 Å². The first-order chi connectivity index (χ1) is 8.22. The smallest absolute Gasteiger partial charge is 0.0513 e. The molecule has 1 aromatic rings. The van der Waals surface area contributed by atoms with E-state index >= 15 is 0 Å². The third-order valence-electron chi connectivity index (χ3n) is 3.41. The second-order valence-corrected chi connectivity index (χ2v) is 5.54. The molecule has 4 heteroatoms. The molecule has 1 saturated heterocycles. The average Bonchev–Trinajstić information content (AvgIpc) is 2.34. The number of hydrazine groups is 1. The first-order valence-electron chi connectivity index (χ1n) is 6.02. The van der Waals surface area contributed by atoms with Crippen LogP contribution < -0.4 is 11.3 Å². The van der Waals surface area contributed by atoms with Crippen LogP contribution in [0.4, 0.5) is 0 Å². The van der Waals surface area contributed by atoms with Crippen molar-refractivity contribution in [3.05, 3.63) is 33.8 Å². The van der Waals surface area contributed by atoms with Crippen molar-refractivity contribution in [2.24, 2.45) is 11.8 Å². The molecule has 0 aliphatic carbocycles. The summed E-state index contributed by atoms with van der Waals surface area (Å²) in [6.07, 6.45) is 2.29. The van der Waals surface area contributed by atoms with E-state index in [1.807, 2.05) is 0 Å². The van der Waals surface area contributed by atoms with Crippen LogP contribution in [0.25, 0.3) is 0 Å². The average molecular weight is 299 g/mol. The molecule has 1 aromatic carbocycles. The normalized spacial score (nSPS) is 22.4. The second kappa shape index (κ2) is 5.96. The molecule has 1 aliphatic rings. The Morgan fingerprint density at radius 3 is 2.94 bits per heavy atom. The van der Waals surface area contributed by atoms with E-state index in [1.165, 1.54) is 17.5 Å². The summed E-state index contributed by atoms with van der Waals surface area (Å²) in [5.74, 6) is 6.19. The SMILES string of the molecule is Cc1cc(Br)ccc1C(NN)C1CCCOC1. The van der Waals surface area contributed by atoms with Crippen LogP contribution in [-0.2, 0) is 4.74 Å². The first-order valence-corrected chi connectivity index (χ1v) is 6.81. The highest BCUT2D eigenvalue weighted by atomic mass is 79.9. The van der Waals surface area contributed by atoms with Gasteiger partial charge in [-0.25, -0.2) is 0 Å². The van der Waals surface area contributed by atoms with Gasteiger partial charge in [0.15, 0.2) is 0 Å². The topological polar surface area (TPSA) is 47.3 Å². The largest absolute Gasteiger partial charge is 0.381 e. The summed E-state index contributed by atoms with van der Waals surface area (Å²) in [7, 11) is 0. The van der Waals surface area contributed by atoms with Crippen LogP contribution in [-0.4, -0.2) is 13.2 Å². The minimum absolute atomic E-state index is 0.184. The maximum Gasteiger partial charge on any atom is 0.0513 e. The van der Waals surface area contributed by atoms with Gasteiger partial charge in [-0.1, -0.05) is 22.0 Å². The molecule has 94 valence electrons. The van der Waals surface area contributed by atoms with E-state index < -0.39 is 0 Å². The number of rotatable bonds is 3. The third-order valence-corrected chi connectivity index (χ3v) is 3.91. The van der Waals surface area contributed by atoms with Gasteiger partial charge in [0, 0.05) is 17.0 Å². The Kier molecular flexibility index (Phi) is 4.56. The molecule has 3 N–H and O–H groups in total. The molecule has 0 amide bonds. The highest BCUT2D eigenvalue weighted by molar-refractivity contribution is 9.10. The summed E-state index contributed by atoms with van der Waals surface area (Å²) in [6, 6.07) is 6.52. The van der Waals surface area contributed by atoms with Crippen molar-refractivity contribution in [3.63, 3.8) is 0 Å². The molecule has 0 aromatic heterocycles. The monoisotopic (exact) mass is 298 g/mol. The molecule has 1 fully saturated rings. The van der Waals surface area contributed by atoms with Gasteiger partial charge in [0.25, 0.3) is 0 Å². The zero-order valence-corrected chi connectivity index (χ0v) is 11.7. The zero-order valence-electron chi connectivity index (χ0n) is 10.1. The van der Waals surface area contributed by atoms with E-state index in [-0.39, 0.29) is 6.04 Å². The van der Waals surface area contributed by atoms with Gasteiger partial charge in [-0.15, -0.1) is 0 Å². The lowest BCUT2D eigenvalue weighted by molar-refractivity contribution is 0.0389. The van der Waals surface area contributed by atoms with Crippen molar-refractivity contribution in [2.45, 2.75) is 25.8 Å². The summed E-state index contributed by atoms with van der Waals surface area (Å²) in [5.41, 5.74) is 5.48. The summed E-state index contributed by atoms with van der Waals surface area (Å²) >= 11 is 3.49. The molecule has 2 atom stereocenters. The number of hydrogen-bond donors (Lipinski definition) is 2. The number of hydrogen-bond acceptors (Lipinski definition) is 3. The molecule has 1 aliphatic heterocycles. The van der Waals surface area contributed by atoms with Crippen LogP contribution in [0.3, 0.4) is 0 Å². The van der Waals surface area contributed by atoms with Gasteiger partial charge >= 0.3 is 0 Å². The molecule has 2 unspecified atom stereocenters. The number of benzene rings is 1. The summed E-state index contributed by atoms with van der Waals surface area (Å²) < 4.78 is 6.65. The molecule has 3 nitrogen and oxygen atoms in total. The van der Waals surface area contributed by atoms with Crippen molar-refractivity contribution in [1.82, 2.24) is 5.43 Å². The van der Waals surface area contributed by atoms with Crippen molar-refractivity contribution in [2.75, 3.05) is 13.2 Å². The van der Waals surface area contributed by atoms with Crippen molar-refractivity contribution < 1.29 is 4.74 Å². The lowest BCUT2D eigenvalue weighted by atomic mass is 9.87. The maximum atomic E-state index is 5.73. The number of ether oxygens (including phenoxy) is 1. The minimum atomic E-state index is 0.184. The number of halogens is 1. The first kappa shape index (κ1) is 13.0. The van der Waals surface area contributed by atoms with E-state index in [0.717, 1.165) is 24.1 Å². The van der Waals surface area contributed by atoms with Crippen molar-refractivity contribution in [3.8, 4) is 0 Å². The molecule has 0 bridgehead atoms. The molecule has 0 radical (unpaired) electrons. The van der Waals surface area contributed by atoms with Crippen LogP contribution in [0.2, 0.25) is 0 Å². The molecule has 0 saturated carbocycles. The van der Waals surface area contributed by atoms with Crippen LogP contribution in [0.1, 0.15) is 30.0 Å². The summed E-state index contributed by atoms with van der Waals surface area (Å²) in [5, 5.41) is 0. The molecule has 0 spiro atoms. The van der Waals surface area contributed by atoms with Crippen LogP contribution in [0.15, 0.2) is 22.7 Å². The molecule has 2 rings (SSSR count). The maximum absolute atomic E-state index is 5.73. The molecule has 17 heavy (non-hydrogen) atoms. The minimum Gasteiger partial charge on any atom is -0.381 e. The predicted molar refractivity (Wildman–Crippen MR) is 72.5 cm³/mol. The van der Waals surface area contributed by atoms with Gasteiger partial charge in [-0.3, -0.25) is 11.3 Å². The van der Waals surface area contributed by atoms with Gasteiger partial charge in [0.2, 0.25) is 0 Å². The Balaban J connectivity index is 2.21. The Bertz CT molecular complexity index is 378. The number of nitrogens with two attached hydrogens (primary N) is 1. The van der Waals surface area contributed by atoms with E-state index in [2.05, 4.69) is 46.5 Å². The number of aryl methyl sites for hydroxylation is 1. The van der Waals surface area contributed by atoms with Crippen molar-refractivity contribution >= 4 is 15.9 Å². The zero-order chi connectivity index (χ0) is 12.3. The molecule has 1 heterocycles. The Morgan fingerprint density at radius 1 is 1.53 bits per heavy atom. The molecular formula is C13H19BrN2O. The fourth-order valence-electron chi connectivity index (χ4n) is 2.50. The third kappa shape index (κ3) is 3.07. The number of nitrogens with one attached hydrogen (secondary N) is 1. The highest BCUT2D eigenvalue weighted by Crippen LogP contribution is 2.31. The lowest BCUT2D eigenvalue weighted by Gasteiger charge is -2.31. The second-order valence-electron chi connectivity index (χ2n) is 4.62. The standard InChI is InChI=1S/C13H19BrN2O/c1-9-7-11(14)4-5-12(9)13(16-15)10-3-2-6-17-8-10/h4-5,7,10,13,16H,2-3,6,8,15H2,1H3. The summed E-state index contributed by atoms with van der Waals surface area (Å²) in [4.78, 5) is 0. The fourth-order valence-corrected chi connectivity index (χ4v) is 2.97. The Hall–Kier alpha value is -0.420. The Labute approximate surface area is 111 Å². The van der Waals surface area contributed by atoms with Gasteiger partial charge in [-0.05, 0) is 43.0 Å². The quantitative estimate of drug-likeness (QED) is 0.666. The van der Waals surface area contributed by atoms with E-state index in [9.17, 15) is 0 Å². The lowest BCUT2D eigenvalue weighted by Crippen LogP contribution is -2.37. The van der Waals surface area contributed by atoms with E-state index in [1.54, 1.807) is 0 Å². The van der Waals surface area contributed by atoms with Crippen LogP contribution in [0.5, 0.6) is 0 Å². The fraction of sp³-hybridized carbons (Fsp3) is 0.538.